The van der Waals surface area contributed by atoms with Crippen molar-refractivity contribution in [2.45, 2.75) is 45.2 Å². The third kappa shape index (κ3) is 3.97. The summed E-state index contributed by atoms with van der Waals surface area (Å²) in [6.07, 6.45) is 2.30. The van der Waals surface area contributed by atoms with E-state index in [2.05, 4.69) is 5.32 Å². The van der Waals surface area contributed by atoms with Gasteiger partial charge in [-0.25, -0.2) is 0 Å². The van der Waals surface area contributed by atoms with Crippen molar-refractivity contribution in [1.29, 1.82) is 0 Å². The van der Waals surface area contributed by atoms with Gasteiger partial charge in [0, 0.05) is 24.5 Å². The van der Waals surface area contributed by atoms with Gasteiger partial charge < -0.3 is 10.2 Å². The lowest BCUT2D eigenvalue weighted by atomic mass is 10.1. The molecule has 0 bridgehead atoms. The van der Waals surface area contributed by atoms with Crippen LogP contribution < -0.4 is 5.32 Å². The molecule has 2 amide bonds. The van der Waals surface area contributed by atoms with Gasteiger partial charge in [0.05, 0.1) is 0 Å². The summed E-state index contributed by atoms with van der Waals surface area (Å²) in [5.41, 5.74) is 1.02. The number of nitrogens with one attached hydrogen (secondary N) is 1. The monoisotopic (exact) mass is 308 g/mol. The van der Waals surface area contributed by atoms with Crippen LogP contribution in [0.25, 0.3) is 0 Å². The Kier molecular flexibility index (Phi) is 5.23. The van der Waals surface area contributed by atoms with Gasteiger partial charge in [-0.2, -0.15) is 0 Å². The van der Waals surface area contributed by atoms with E-state index >= 15 is 0 Å². The van der Waals surface area contributed by atoms with Gasteiger partial charge in [0.1, 0.15) is 6.04 Å². The molecule has 0 spiro atoms. The molecular formula is C16H21ClN2O2. The molecule has 0 radical (unpaired) electrons. The Bertz CT molecular complexity index is 533. The maximum atomic E-state index is 12.3. The van der Waals surface area contributed by atoms with Crippen LogP contribution in [0.2, 0.25) is 5.02 Å². The second-order valence-electron chi connectivity index (χ2n) is 5.58. The fraction of sp³-hybridized carbons (Fsp3) is 0.500. The highest BCUT2D eigenvalue weighted by Crippen LogP contribution is 2.19. The maximum Gasteiger partial charge on any atom is 0.243 e. The van der Waals surface area contributed by atoms with Crippen LogP contribution in [0.15, 0.2) is 24.3 Å². The van der Waals surface area contributed by atoms with Crippen LogP contribution in [0, 0.1) is 0 Å². The SMILES string of the molecule is CC(=O)N1CCC[C@H]1C(=O)NC(C)Cc1ccccc1Cl. The topological polar surface area (TPSA) is 49.4 Å². The summed E-state index contributed by atoms with van der Waals surface area (Å²) in [5.74, 6) is -0.103. The molecule has 2 atom stereocenters. The van der Waals surface area contributed by atoms with Crippen molar-refractivity contribution in [3.8, 4) is 0 Å². The van der Waals surface area contributed by atoms with Crippen molar-refractivity contribution >= 4 is 23.4 Å². The van der Waals surface area contributed by atoms with E-state index in [4.69, 9.17) is 11.6 Å². The first-order chi connectivity index (χ1) is 9.99. The number of likely N-dealkylation sites (tertiary alicyclic amines) is 1. The largest absolute Gasteiger partial charge is 0.352 e. The molecule has 114 valence electrons. The zero-order valence-electron chi connectivity index (χ0n) is 12.4. The molecule has 5 heteroatoms. The van der Waals surface area contributed by atoms with Crippen LogP contribution in [-0.4, -0.2) is 35.3 Å². The highest BCUT2D eigenvalue weighted by Gasteiger charge is 2.32. The van der Waals surface area contributed by atoms with Crippen LogP contribution in [0.5, 0.6) is 0 Å². The van der Waals surface area contributed by atoms with Gasteiger partial charge >= 0.3 is 0 Å². The van der Waals surface area contributed by atoms with Crippen LogP contribution in [0.1, 0.15) is 32.3 Å². The summed E-state index contributed by atoms with van der Waals surface area (Å²) in [6, 6.07) is 7.29. The number of amides is 2. The first kappa shape index (κ1) is 15.8. The molecule has 1 heterocycles. The first-order valence-corrected chi connectivity index (χ1v) is 7.68. The molecule has 1 N–H and O–H groups in total. The Morgan fingerprint density at radius 1 is 1.43 bits per heavy atom. The lowest BCUT2D eigenvalue weighted by Crippen LogP contribution is -2.48. The predicted octanol–water partition coefficient (Wildman–Crippen LogP) is 2.40. The summed E-state index contributed by atoms with van der Waals surface area (Å²) in [5, 5.41) is 3.70. The van der Waals surface area contributed by atoms with Crippen LogP contribution in [0.4, 0.5) is 0 Å². The number of rotatable bonds is 4. The third-order valence-corrected chi connectivity index (χ3v) is 4.20. The van der Waals surface area contributed by atoms with Crippen molar-refractivity contribution in [2.75, 3.05) is 6.54 Å². The molecule has 0 aromatic heterocycles. The highest BCUT2D eigenvalue weighted by atomic mass is 35.5. The molecule has 1 aromatic carbocycles. The molecule has 1 fully saturated rings. The number of hydrogen-bond acceptors (Lipinski definition) is 2. The molecule has 2 rings (SSSR count). The lowest BCUT2D eigenvalue weighted by Gasteiger charge is -2.24. The molecule has 1 aromatic rings. The minimum atomic E-state index is -0.323. The first-order valence-electron chi connectivity index (χ1n) is 7.30. The minimum absolute atomic E-state index is 0.0215. The van der Waals surface area contributed by atoms with Crippen LogP contribution in [-0.2, 0) is 16.0 Å². The number of carbonyl (C=O) groups excluding carboxylic acids is 2. The van der Waals surface area contributed by atoms with Gasteiger partial charge in [-0.05, 0) is 37.8 Å². The van der Waals surface area contributed by atoms with Crippen molar-refractivity contribution in [2.24, 2.45) is 0 Å². The van der Waals surface area contributed by atoms with E-state index in [1.165, 1.54) is 6.92 Å². The van der Waals surface area contributed by atoms with Crippen LogP contribution in [0.3, 0.4) is 0 Å². The van der Waals surface area contributed by atoms with E-state index in [-0.39, 0.29) is 23.9 Å². The average molecular weight is 309 g/mol. The van der Waals surface area contributed by atoms with Crippen molar-refractivity contribution in [3.05, 3.63) is 34.9 Å². The van der Waals surface area contributed by atoms with Gasteiger partial charge in [0.15, 0.2) is 0 Å². The van der Waals surface area contributed by atoms with Gasteiger partial charge in [0.2, 0.25) is 11.8 Å². The summed E-state index contributed by atoms with van der Waals surface area (Å²) in [4.78, 5) is 25.5. The predicted molar refractivity (Wildman–Crippen MR) is 83.2 cm³/mol. The molecule has 0 saturated carbocycles. The maximum absolute atomic E-state index is 12.3. The molecule has 4 nitrogen and oxygen atoms in total. The molecule has 0 aliphatic carbocycles. The molecule has 21 heavy (non-hydrogen) atoms. The van der Waals surface area contributed by atoms with Gasteiger partial charge in [-0.3, -0.25) is 9.59 Å². The molecule has 1 saturated heterocycles. The minimum Gasteiger partial charge on any atom is -0.352 e. The number of halogens is 1. The summed E-state index contributed by atoms with van der Waals surface area (Å²) >= 11 is 6.13. The lowest BCUT2D eigenvalue weighted by molar-refractivity contribution is -0.137. The Morgan fingerprint density at radius 2 is 2.14 bits per heavy atom. The summed E-state index contributed by atoms with van der Waals surface area (Å²) in [6.45, 7) is 4.14. The Morgan fingerprint density at radius 3 is 2.81 bits per heavy atom. The zero-order valence-corrected chi connectivity index (χ0v) is 13.2. The second kappa shape index (κ2) is 6.94. The molecular weight excluding hydrogens is 288 g/mol. The normalized spacial score (nSPS) is 19.4. The van der Waals surface area contributed by atoms with Gasteiger partial charge in [0.25, 0.3) is 0 Å². The van der Waals surface area contributed by atoms with Gasteiger partial charge in [-0.1, -0.05) is 29.8 Å². The third-order valence-electron chi connectivity index (χ3n) is 3.83. The van der Waals surface area contributed by atoms with Crippen molar-refractivity contribution < 1.29 is 9.59 Å². The Hall–Kier alpha value is -1.55. The number of nitrogens with zero attached hydrogens (tertiary/aromatic N) is 1. The second-order valence-corrected chi connectivity index (χ2v) is 5.98. The average Bonchev–Trinajstić information content (AvgIpc) is 2.91. The fourth-order valence-electron chi connectivity index (χ4n) is 2.80. The van der Waals surface area contributed by atoms with E-state index in [9.17, 15) is 9.59 Å². The van der Waals surface area contributed by atoms with Gasteiger partial charge in [-0.15, -0.1) is 0 Å². The van der Waals surface area contributed by atoms with Crippen molar-refractivity contribution in [1.82, 2.24) is 10.2 Å². The van der Waals surface area contributed by atoms with Crippen molar-refractivity contribution in [3.63, 3.8) is 0 Å². The molecule has 1 aliphatic rings. The van der Waals surface area contributed by atoms with E-state index in [0.29, 0.717) is 18.0 Å². The number of carbonyl (C=O) groups is 2. The van der Waals surface area contributed by atoms with Crippen LogP contribution >= 0.6 is 11.6 Å². The van der Waals surface area contributed by atoms with E-state index in [0.717, 1.165) is 18.4 Å². The molecule has 1 unspecified atom stereocenters. The fourth-order valence-corrected chi connectivity index (χ4v) is 3.01. The summed E-state index contributed by atoms with van der Waals surface area (Å²) < 4.78 is 0. The quantitative estimate of drug-likeness (QED) is 0.928. The van der Waals surface area contributed by atoms with E-state index in [1.807, 2.05) is 31.2 Å². The van der Waals surface area contributed by atoms with E-state index < -0.39 is 0 Å². The smallest absolute Gasteiger partial charge is 0.243 e. The number of hydrogen-bond donors (Lipinski definition) is 1. The summed E-state index contributed by atoms with van der Waals surface area (Å²) in [7, 11) is 0. The molecule has 1 aliphatic heterocycles. The van der Waals surface area contributed by atoms with E-state index in [1.54, 1.807) is 4.90 Å². The zero-order chi connectivity index (χ0) is 15.4. The highest BCUT2D eigenvalue weighted by molar-refractivity contribution is 6.31. The number of benzene rings is 1. The Balaban J connectivity index is 1.93. The standard InChI is InChI=1S/C16H21ClN2O2/c1-11(10-13-6-3-4-7-14(13)17)18-16(21)15-8-5-9-19(15)12(2)20/h3-4,6-7,11,15H,5,8-10H2,1-2H3,(H,18,21)/t11?,15-/m0/s1. The Labute approximate surface area is 130 Å².